The van der Waals surface area contributed by atoms with Gasteiger partial charge in [-0.1, -0.05) is 0 Å². The molecule has 3 heterocycles. The molecule has 0 spiro atoms. The number of piperazine rings is 1. The zero-order valence-electron chi connectivity index (χ0n) is 12.7. The summed E-state index contributed by atoms with van der Waals surface area (Å²) in [6, 6.07) is 6.94. The molecule has 1 aliphatic heterocycles. The second-order valence-corrected chi connectivity index (χ2v) is 5.35. The fourth-order valence-electron chi connectivity index (χ4n) is 2.49. The van der Waals surface area contributed by atoms with Crippen molar-refractivity contribution in [3.63, 3.8) is 0 Å². The Morgan fingerprint density at radius 3 is 2.43 bits per heavy atom. The van der Waals surface area contributed by atoms with Gasteiger partial charge in [0.1, 0.15) is 5.76 Å². The van der Waals surface area contributed by atoms with Crippen molar-refractivity contribution in [2.45, 2.75) is 0 Å². The van der Waals surface area contributed by atoms with Gasteiger partial charge in [-0.25, -0.2) is 0 Å². The summed E-state index contributed by atoms with van der Waals surface area (Å²) in [6.07, 6.45) is 6.24. The van der Waals surface area contributed by atoms with E-state index in [4.69, 9.17) is 8.83 Å². The number of furan rings is 2. The highest BCUT2D eigenvalue weighted by atomic mass is 16.3. The second kappa shape index (κ2) is 7.11. The largest absolute Gasteiger partial charge is 0.465 e. The molecule has 120 valence electrons. The van der Waals surface area contributed by atoms with E-state index in [-0.39, 0.29) is 11.7 Å². The van der Waals surface area contributed by atoms with Crippen molar-refractivity contribution in [2.75, 3.05) is 32.7 Å². The fraction of sp³-hybridized carbons (Fsp3) is 0.294. The van der Waals surface area contributed by atoms with Gasteiger partial charge in [0.05, 0.1) is 19.1 Å². The molecule has 6 heteroatoms. The van der Waals surface area contributed by atoms with Crippen molar-refractivity contribution in [3.05, 3.63) is 54.4 Å². The maximum atomic E-state index is 12.1. The van der Waals surface area contributed by atoms with Crippen LogP contribution in [0.2, 0.25) is 0 Å². The Bertz CT molecular complexity index is 666. The van der Waals surface area contributed by atoms with Gasteiger partial charge in [-0.2, -0.15) is 0 Å². The minimum Gasteiger partial charge on any atom is -0.465 e. The van der Waals surface area contributed by atoms with Crippen molar-refractivity contribution in [1.29, 1.82) is 0 Å². The van der Waals surface area contributed by atoms with Crippen LogP contribution in [-0.2, 0) is 4.79 Å². The third-order valence-corrected chi connectivity index (χ3v) is 3.78. The third kappa shape index (κ3) is 3.98. The molecule has 23 heavy (non-hydrogen) atoms. The lowest BCUT2D eigenvalue weighted by atomic mass is 10.2. The second-order valence-electron chi connectivity index (χ2n) is 5.35. The summed E-state index contributed by atoms with van der Waals surface area (Å²) in [5.74, 6) is 0.955. The number of Topliss-reactive ketones (excluding diaryl/α,β-unsaturated/α-hetero) is 1. The fourth-order valence-corrected chi connectivity index (χ4v) is 2.49. The first-order valence-corrected chi connectivity index (χ1v) is 7.52. The van der Waals surface area contributed by atoms with Crippen LogP contribution < -0.4 is 0 Å². The Balaban J connectivity index is 1.46. The molecule has 0 atom stereocenters. The summed E-state index contributed by atoms with van der Waals surface area (Å²) < 4.78 is 10.3. The Hall–Kier alpha value is -2.60. The van der Waals surface area contributed by atoms with Gasteiger partial charge < -0.3 is 13.7 Å². The van der Waals surface area contributed by atoms with Gasteiger partial charge in [0.25, 0.3) is 0 Å². The van der Waals surface area contributed by atoms with E-state index < -0.39 is 0 Å². The average Bonchev–Trinajstić information content (AvgIpc) is 3.26. The lowest BCUT2D eigenvalue weighted by molar-refractivity contribution is -0.127. The van der Waals surface area contributed by atoms with Crippen LogP contribution in [0.25, 0.3) is 6.08 Å². The summed E-state index contributed by atoms with van der Waals surface area (Å²) in [7, 11) is 0. The molecular weight excluding hydrogens is 296 g/mol. The first-order valence-electron chi connectivity index (χ1n) is 7.52. The molecule has 2 aromatic heterocycles. The highest BCUT2D eigenvalue weighted by molar-refractivity contribution is 5.95. The van der Waals surface area contributed by atoms with E-state index in [0.717, 1.165) is 0 Å². The van der Waals surface area contributed by atoms with E-state index in [1.807, 2.05) is 4.90 Å². The Kier molecular flexibility index (Phi) is 4.73. The van der Waals surface area contributed by atoms with Gasteiger partial charge in [-0.3, -0.25) is 14.5 Å². The number of nitrogens with zero attached hydrogens (tertiary/aromatic N) is 2. The smallest absolute Gasteiger partial charge is 0.246 e. The lowest BCUT2D eigenvalue weighted by Crippen LogP contribution is -2.49. The summed E-state index contributed by atoms with van der Waals surface area (Å²) >= 11 is 0. The van der Waals surface area contributed by atoms with Crippen LogP contribution in [0.3, 0.4) is 0 Å². The van der Waals surface area contributed by atoms with Crippen molar-refractivity contribution >= 4 is 17.8 Å². The Morgan fingerprint density at radius 1 is 1.04 bits per heavy atom. The number of ketones is 1. The molecule has 0 aromatic carbocycles. The molecule has 2 aromatic rings. The molecule has 1 saturated heterocycles. The van der Waals surface area contributed by atoms with Crippen molar-refractivity contribution in [1.82, 2.24) is 9.80 Å². The van der Waals surface area contributed by atoms with Crippen molar-refractivity contribution < 1.29 is 18.4 Å². The predicted molar refractivity (Wildman–Crippen MR) is 83.8 cm³/mol. The average molecular weight is 314 g/mol. The van der Waals surface area contributed by atoms with Crippen LogP contribution in [-0.4, -0.2) is 54.2 Å². The molecule has 6 nitrogen and oxygen atoms in total. The summed E-state index contributed by atoms with van der Waals surface area (Å²) in [5.41, 5.74) is 0. The maximum absolute atomic E-state index is 12.1. The molecular formula is C17H18N2O4. The molecule has 0 unspecified atom stereocenters. The van der Waals surface area contributed by atoms with Crippen LogP contribution >= 0.6 is 0 Å². The third-order valence-electron chi connectivity index (χ3n) is 3.78. The Morgan fingerprint density at radius 2 is 1.78 bits per heavy atom. The molecule has 0 N–H and O–H groups in total. The molecule has 1 aliphatic rings. The zero-order valence-corrected chi connectivity index (χ0v) is 12.7. The number of hydrogen-bond donors (Lipinski definition) is 0. The molecule has 1 amide bonds. The monoisotopic (exact) mass is 314 g/mol. The first kappa shape index (κ1) is 15.3. The number of carbonyl (C=O) groups excluding carboxylic acids is 2. The quantitative estimate of drug-likeness (QED) is 0.623. The summed E-state index contributed by atoms with van der Waals surface area (Å²) in [6.45, 7) is 2.87. The van der Waals surface area contributed by atoms with Gasteiger partial charge >= 0.3 is 0 Å². The van der Waals surface area contributed by atoms with Crippen molar-refractivity contribution in [2.24, 2.45) is 0 Å². The van der Waals surface area contributed by atoms with Crippen LogP contribution in [0.1, 0.15) is 16.3 Å². The van der Waals surface area contributed by atoms with Gasteiger partial charge in [0.2, 0.25) is 11.7 Å². The van der Waals surface area contributed by atoms with E-state index in [0.29, 0.717) is 44.2 Å². The molecule has 0 saturated carbocycles. The van der Waals surface area contributed by atoms with Gasteiger partial charge in [-0.15, -0.1) is 0 Å². The minimum atomic E-state index is -0.0431. The SMILES string of the molecule is O=C(CN1CCN(C(=O)/C=C/c2ccco2)CC1)c1ccco1. The van der Waals surface area contributed by atoms with E-state index in [1.165, 1.54) is 12.3 Å². The number of rotatable bonds is 5. The summed E-state index contributed by atoms with van der Waals surface area (Å²) in [5, 5.41) is 0. The van der Waals surface area contributed by atoms with Gasteiger partial charge in [-0.05, 0) is 30.3 Å². The Labute approximate surface area is 134 Å². The van der Waals surface area contributed by atoms with E-state index >= 15 is 0 Å². The number of hydrogen-bond acceptors (Lipinski definition) is 5. The highest BCUT2D eigenvalue weighted by Gasteiger charge is 2.22. The van der Waals surface area contributed by atoms with Crippen molar-refractivity contribution in [3.8, 4) is 0 Å². The zero-order chi connectivity index (χ0) is 16.1. The minimum absolute atomic E-state index is 0.0347. The predicted octanol–water partition coefficient (Wildman–Crippen LogP) is 1.91. The van der Waals surface area contributed by atoms with Crippen LogP contribution in [0.5, 0.6) is 0 Å². The number of amides is 1. The highest BCUT2D eigenvalue weighted by Crippen LogP contribution is 2.08. The normalized spacial score (nSPS) is 16.1. The van der Waals surface area contributed by atoms with Gasteiger partial charge in [0.15, 0.2) is 5.76 Å². The lowest BCUT2D eigenvalue weighted by Gasteiger charge is -2.33. The molecule has 0 bridgehead atoms. The molecule has 0 radical (unpaired) electrons. The summed E-state index contributed by atoms with van der Waals surface area (Å²) in [4.78, 5) is 27.9. The number of carbonyl (C=O) groups is 2. The topological polar surface area (TPSA) is 66.9 Å². The van der Waals surface area contributed by atoms with Crippen LogP contribution in [0.15, 0.2) is 51.7 Å². The first-order chi connectivity index (χ1) is 11.2. The standard InChI is InChI=1S/C17H18N2O4/c20-15(16-4-2-12-23-16)13-18-7-9-19(10-8-18)17(21)6-5-14-3-1-11-22-14/h1-6,11-12H,7-10,13H2/b6-5+. The van der Waals surface area contributed by atoms with Gasteiger partial charge in [0, 0.05) is 32.3 Å². The van der Waals surface area contributed by atoms with E-state index in [2.05, 4.69) is 0 Å². The molecule has 1 fully saturated rings. The van der Waals surface area contributed by atoms with Crippen LogP contribution in [0.4, 0.5) is 0 Å². The van der Waals surface area contributed by atoms with E-state index in [1.54, 1.807) is 41.5 Å². The van der Waals surface area contributed by atoms with Crippen LogP contribution in [0, 0.1) is 0 Å². The maximum Gasteiger partial charge on any atom is 0.246 e. The molecule has 0 aliphatic carbocycles. The molecule has 3 rings (SSSR count). The van der Waals surface area contributed by atoms with E-state index in [9.17, 15) is 9.59 Å².